The van der Waals surface area contributed by atoms with E-state index >= 15 is 0 Å². The van der Waals surface area contributed by atoms with Gasteiger partial charge in [-0.05, 0) is 61.2 Å². The molecule has 1 heterocycles. The third-order valence-electron chi connectivity index (χ3n) is 5.03. The van der Waals surface area contributed by atoms with E-state index in [4.69, 9.17) is 23.2 Å². The van der Waals surface area contributed by atoms with Gasteiger partial charge in [0.05, 0.1) is 22.4 Å². The summed E-state index contributed by atoms with van der Waals surface area (Å²) in [6, 6.07) is 10.1. The van der Waals surface area contributed by atoms with Crippen LogP contribution in [0.3, 0.4) is 0 Å². The van der Waals surface area contributed by atoms with Crippen molar-refractivity contribution in [2.24, 2.45) is 5.92 Å². The van der Waals surface area contributed by atoms with Crippen molar-refractivity contribution in [1.29, 1.82) is 0 Å². The highest BCUT2D eigenvalue weighted by Gasteiger charge is 2.24. The lowest BCUT2D eigenvalue weighted by Gasteiger charge is -2.20. The number of hydrogen-bond acceptors (Lipinski definition) is 5. The van der Waals surface area contributed by atoms with E-state index in [1.165, 1.54) is 23.4 Å². The highest BCUT2D eigenvalue weighted by molar-refractivity contribution is 7.99. The summed E-state index contributed by atoms with van der Waals surface area (Å²) in [6.07, 6.45) is 0. The quantitative estimate of drug-likeness (QED) is 0.346. The Morgan fingerprint density at radius 3 is 2.52 bits per heavy atom. The summed E-state index contributed by atoms with van der Waals surface area (Å²) < 4.78 is 0. The summed E-state index contributed by atoms with van der Waals surface area (Å²) in [7, 11) is 0. The van der Waals surface area contributed by atoms with E-state index in [9.17, 15) is 9.59 Å². The highest BCUT2D eigenvalue weighted by atomic mass is 35.5. The van der Waals surface area contributed by atoms with Crippen LogP contribution >= 0.6 is 35.0 Å². The van der Waals surface area contributed by atoms with E-state index in [-0.39, 0.29) is 28.5 Å². The number of halogens is 2. The number of anilines is 1. The van der Waals surface area contributed by atoms with Gasteiger partial charge in [-0.25, -0.2) is 4.98 Å². The number of aryl methyl sites for hydroxylation is 2. The molecule has 2 amide bonds. The molecule has 0 unspecified atom stereocenters. The number of amides is 2. The predicted octanol–water partition coefficient (Wildman–Crippen LogP) is 5.59. The van der Waals surface area contributed by atoms with Crippen molar-refractivity contribution in [1.82, 2.24) is 20.5 Å². The van der Waals surface area contributed by atoms with Crippen molar-refractivity contribution in [2.75, 3.05) is 11.1 Å². The van der Waals surface area contributed by atoms with Crippen LogP contribution in [0.15, 0.2) is 41.6 Å². The molecule has 0 saturated heterocycles. The lowest BCUT2D eigenvalue weighted by Crippen LogP contribution is -2.32. The largest absolute Gasteiger partial charge is 0.342 e. The number of rotatable bonds is 8. The van der Waals surface area contributed by atoms with Gasteiger partial charge in [0.25, 0.3) is 5.91 Å². The lowest BCUT2D eigenvalue weighted by molar-refractivity contribution is -0.113. The number of carbonyl (C=O) groups is 2. The maximum absolute atomic E-state index is 12.7. The summed E-state index contributed by atoms with van der Waals surface area (Å²) in [6.45, 7) is 7.94. The normalized spacial score (nSPS) is 12.0. The minimum Gasteiger partial charge on any atom is -0.342 e. The molecule has 0 aliphatic heterocycles. The Morgan fingerprint density at radius 2 is 1.85 bits per heavy atom. The monoisotopic (exact) mass is 505 g/mol. The molecule has 3 rings (SSSR count). The summed E-state index contributed by atoms with van der Waals surface area (Å²) in [4.78, 5) is 29.5. The van der Waals surface area contributed by atoms with Crippen LogP contribution in [0.1, 0.15) is 47.2 Å². The van der Waals surface area contributed by atoms with Gasteiger partial charge in [-0.15, -0.1) is 5.10 Å². The van der Waals surface area contributed by atoms with Crippen LogP contribution in [0.5, 0.6) is 0 Å². The molecule has 1 aromatic heterocycles. The number of nitrogens with one attached hydrogen (secondary N) is 3. The van der Waals surface area contributed by atoms with Crippen molar-refractivity contribution >= 4 is 52.5 Å². The average Bonchev–Trinajstić information content (AvgIpc) is 3.21. The van der Waals surface area contributed by atoms with Crippen LogP contribution < -0.4 is 10.6 Å². The summed E-state index contributed by atoms with van der Waals surface area (Å²) >= 11 is 13.3. The molecule has 174 valence electrons. The Balaban J connectivity index is 1.62. The minimum atomic E-state index is -0.421. The summed E-state index contributed by atoms with van der Waals surface area (Å²) in [5.41, 5.74) is 3.35. The van der Waals surface area contributed by atoms with Gasteiger partial charge in [0.1, 0.15) is 5.82 Å². The molecule has 0 aliphatic rings. The van der Waals surface area contributed by atoms with E-state index in [1.54, 1.807) is 12.1 Å². The van der Waals surface area contributed by atoms with Crippen LogP contribution in [0.25, 0.3) is 0 Å². The molecule has 3 aromatic rings. The van der Waals surface area contributed by atoms with Crippen molar-refractivity contribution < 1.29 is 9.59 Å². The molecule has 2 aromatic carbocycles. The van der Waals surface area contributed by atoms with Gasteiger partial charge in [-0.3, -0.25) is 14.7 Å². The van der Waals surface area contributed by atoms with Gasteiger partial charge < -0.3 is 10.6 Å². The standard InChI is InChI=1S/C23H25Cl2N5O2S/c1-12(2)20(27-22(32)17-8-6-15(24)10-18(17)25)21-28-23(30-29-21)33-11-19(31)26-16-7-5-13(3)14(4)9-16/h5-10,12,20H,11H2,1-4H3,(H,26,31)(H,27,32)(H,28,29,30)/t20-/m0/s1. The number of thioether (sulfide) groups is 1. The smallest absolute Gasteiger partial charge is 0.253 e. The lowest BCUT2D eigenvalue weighted by atomic mass is 10.0. The Bertz CT molecular complexity index is 1170. The SMILES string of the molecule is Cc1ccc(NC(=O)CSc2n[nH]c([C@@H](NC(=O)c3ccc(Cl)cc3Cl)C(C)C)n2)cc1C. The number of carbonyl (C=O) groups excluding carboxylic acids is 2. The zero-order chi connectivity index (χ0) is 24.1. The molecule has 0 fully saturated rings. The fourth-order valence-electron chi connectivity index (χ4n) is 3.05. The predicted molar refractivity (Wildman–Crippen MR) is 133 cm³/mol. The molecule has 0 radical (unpaired) electrons. The molecule has 3 N–H and O–H groups in total. The second kappa shape index (κ2) is 11.0. The Morgan fingerprint density at radius 1 is 1.09 bits per heavy atom. The maximum atomic E-state index is 12.7. The fourth-order valence-corrected chi connectivity index (χ4v) is 4.15. The first-order chi connectivity index (χ1) is 15.6. The second-order valence-electron chi connectivity index (χ2n) is 7.96. The highest BCUT2D eigenvalue weighted by Crippen LogP contribution is 2.25. The van der Waals surface area contributed by atoms with Crippen molar-refractivity contribution in [3.05, 3.63) is 69.0 Å². The third kappa shape index (κ3) is 6.72. The molecule has 0 bridgehead atoms. The molecule has 7 nitrogen and oxygen atoms in total. The first-order valence-corrected chi connectivity index (χ1v) is 12.1. The van der Waals surface area contributed by atoms with Crippen LogP contribution in [-0.2, 0) is 4.79 Å². The topological polar surface area (TPSA) is 99.8 Å². The van der Waals surface area contributed by atoms with Crippen molar-refractivity contribution in [3.8, 4) is 0 Å². The molecule has 0 spiro atoms. The first-order valence-electron chi connectivity index (χ1n) is 10.3. The number of aromatic amines is 1. The number of hydrogen-bond donors (Lipinski definition) is 3. The summed E-state index contributed by atoms with van der Waals surface area (Å²) in [5.74, 6) is 0.192. The second-order valence-corrected chi connectivity index (χ2v) is 9.74. The Kier molecular flexibility index (Phi) is 8.40. The average molecular weight is 506 g/mol. The van der Waals surface area contributed by atoms with Crippen molar-refractivity contribution in [2.45, 2.75) is 38.9 Å². The van der Waals surface area contributed by atoms with Crippen molar-refractivity contribution in [3.63, 3.8) is 0 Å². The molecule has 33 heavy (non-hydrogen) atoms. The molecule has 10 heteroatoms. The van der Waals surface area contributed by atoms with E-state index < -0.39 is 6.04 Å². The van der Waals surface area contributed by atoms with Crippen LogP contribution in [-0.4, -0.2) is 32.7 Å². The first kappa shape index (κ1) is 25.1. The van der Waals surface area contributed by atoms with Crippen LogP contribution in [0.2, 0.25) is 10.0 Å². The van der Waals surface area contributed by atoms with Gasteiger partial charge >= 0.3 is 0 Å². The molecule has 0 aliphatic carbocycles. The molecule has 0 saturated carbocycles. The molecular weight excluding hydrogens is 481 g/mol. The van der Waals surface area contributed by atoms with Gasteiger partial charge in [-0.2, -0.15) is 0 Å². The maximum Gasteiger partial charge on any atom is 0.253 e. The Hall–Kier alpha value is -2.55. The number of H-pyrrole nitrogens is 1. The fraction of sp³-hybridized carbons (Fsp3) is 0.304. The van der Waals surface area contributed by atoms with E-state index in [0.717, 1.165) is 11.3 Å². The third-order valence-corrected chi connectivity index (χ3v) is 6.42. The van der Waals surface area contributed by atoms with Crippen LogP contribution in [0, 0.1) is 19.8 Å². The number of aromatic nitrogens is 3. The zero-order valence-corrected chi connectivity index (χ0v) is 21.0. The minimum absolute atomic E-state index is 0.0268. The Labute approximate surface area is 207 Å². The van der Waals surface area contributed by atoms with E-state index in [0.29, 0.717) is 21.6 Å². The van der Waals surface area contributed by atoms with E-state index in [1.807, 2.05) is 45.9 Å². The van der Waals surface area contributed by atoms with Gasteiger partial charge in [-0.1, -0.05) is 54.9 Å². The van der Waals surface area contributed by atoms with E-state index in [2.05, 4.69) is 25.8 Å². The molecular formula is C23H25Cl2N5O2S. The number of nitrogens with zero attached hydrogens (tertiary/aromatic N) is 2. The number of benzene rings is 2. The van der Waals surface area contributed by atoms with Gasteiger partial charge in [0.2, 0.25) is 11.1 Å². The van der Waals surface area contributed by atoms with Crippen LogP contribution in [0.4, 0.5) is 5.69 Å². The van der Waals surface area contributed by atoms with Gasteiger partial charge in [0.15, 0.2) is 0 Å². The molecule has 1 atom stereocenters. The zero-order valence-electron chi connectivity index (χ0n) is 18.7. The van der Waals surface area contributed by atoms with Gasteiger partial charge in [0, 0.05) is 10.7 Å². The summed E-state index contributed by atoms with van der Waals surface area (Å²) in [5, 5.41) is 14.0.